The average molecular weight is 415 g/mol. The van der Waals surface area contributed by atoms with E-state index in [4.69, 9.17) is 0 Å². The number of nitrogens with zero attached hydrogens (tertiary/aromatic N) is 1. The standard InChI is InChI=1S/C14H9Br2NO2S/c1-17-10-3-2-7(4-8(10)5-12(17)18)13(19)9-6-11(15)20-14(9)16/h2-4,6H,5H2,1H3. The first-order valence-corrected chi connectivity index (χ1v) is 8.26. The summed E-state index contributed by atoms with van der Waals surface area (Å²) in [6, 6.07) is 7.23. The maximum Gasteiger partial charge on any atom is 0.231 e. The summed E-state index contributed by atoms with van der Waals surface area (Å²) in [6.07, 6.45) is 0.363. The van der Waals surface area contributed by atoms with Crippen molar-refractivity contribution in [3.05, 3.63) is 48.5 Å². The van der Waals surface area contributed by atoms with E-state index >= 15 is 0 Å². The number of carbonyl (C=O) groups is 2. The van der Waals surface area contributed by atoms with Crippen molar-refractivity contribution in [1.29, 1.82) is 0 Å². The molecule has 6 heteroatoms. The Morgan fingerprint density at radius 3 is 2.70 bits per heavy atom. The Morgan fingerprint density at radius 2 is 2.05 bits per heavy atom. The number of hydrogen-bond donors (Lipinski definition) is 0. The van der Waals surface area contributed by atoms with Gasteiger partial charge in [0.05, 0.1) is 14.0 Å². The lowest BCUT2D eigenvalue weighted by Gasteiger charge is -2.10. The largest absolute Gasteiger partial charge is 0.315 e. The van der Waals surface area contributed by atoms with Gasteiger partial charge in [0.15, 0.2) is 5.78 Å². The lowest BCUT2D eigenvalue weighted by Crippen LogP contribution is -2.20. The topological polar surface area (TPSA) is 37.4 Å². The Labute approximate surface area is 136 Å². The predicted octanol–water partition coefficient (Wildman–Crippen LogP) is 4.02. The van der Waals surface area contributed by atoms with E-state index in [0.717, 1.165) is 18.8 Å². The maximum absolute atomic E-state index is 12.5. The summed E-state index contributed by atoms with van der Waals surface area (Å²) in [5.74, 6) is 0.0210. The van der Waals surface area contributed by atoms with Gasteiger partial charge in [0, 0.05) is 23.9 Å². The molecule has 0 radical (unpaired) electrons. The summed E-state index contributed by atoms with van der Waals surface area (Å²) >= 11 is 8.24. The van der Waals surface area contributed by atoms with Crippen LogP contribution in [-0.2, 0) is 11.2 Å². The van der Waals surface area contributed by atoms with Gasteiger partial charge in [0.1, 0.15) is 0 Å². The van der Waals surface area contributed by atoms with Crippen LogP contribution in [-0.4, -0.2) is 18.7 Å². The van der Waals surface area contributed by atoms with E-state index in [1.165, 1.54) is 11.3 Å². The number of hydrogen-bond acceptors (Lipinski definition) is 3. The Kier molecular flexibility index (Phi) is 3.56. The molecule has 20 heavy (non-hydrogen) atoms. The molecule has 3 rings (SSSR count). The zero-order chi connectivity index (χ0) is 14.4. The number of amides is 1. The molecule has 2 heterocycles. The van der Waals surface area contributed by atoms with Gasteiger partial charge in [-0.15, -0.1) is 11.3 Å². The van der Waals surface area contributed by atoms with Gasteiger partial charge in [-0.3, -0.25) is 9.59 Å². The summed E-state index contributed by atoms with van der Waals surface area (Å²) < 4.78 is 1.71. The molecule has 0 unspecified atom stereocenters. The van der Waals surface area contributed by atoms with Gasteiger partial charge in [-0.2, -0.15) is 0 Å². The minimum absolute atomic E-state index is 0.0383. The molecule has 2 aromatic rings. The minimum atomic E-state index is -0.0383. The van der Waals surface area contributed by atoms with Crippen molar-refractivity contribution in [2.75, 3.05) is 11.9 Å². The highest BCUT2D eigenvalue weighted by Gasteiger charge is 2.25. The van der Waals surface area contributed by atoms with Crippen molar-refractivity contribution in [3.63, 3.8) is 0 Å². The second kappa shape index (κ2) is 5.09. The normalized spacial score (nSPS) is 13.8. The van der Waals surface area contributed by atoms with Crippen molar-refractivity contribution in [1.82, 2.24) is 0 Å². The van der Waals surface area contributed by atoms with Crippen LogP contribution in [0.5, 0.6) is 0 Å². The molecule has 3 nitrogen and oxygen atoms in total. The molecule has 0 saturated heterocycles. The van der Waals surface area contributed by atoms with Gasteiger partial charge in [-0.25, -0.2) is 0 Å². The first-order chi connectivity index (χ1) is 9.47. The monoisotopic (exact) mass is 413 g/mol. The summed E-state index contributed by atoms with van der Waals surface area (Å²) in [5, 5.41) is 0. The molecule has 1 amide bonds. The fourth-order valence-electron chi connectivity index (χ4n) is 2.26. The van der Waals surface area contributed by atoms with Gasteiger partial charge in [-0.1, -0.05) is 0 Å². The van der Waals surface area contributed by atoms with Crippen molar-refractivity contribution in [2.24, 2.45) is 0 Å². The van der Waals surface area contributed by atoms with Gasteiger partial charge >= 0.3 is 0 Å². The molecule has 0 fully saturated rings. The number of carbonyl (C=O) groups excluding carboxylic acids is 2. The third-order valence-electron chi connectivity index (χ3n) is 3.32. The smallest absolute Gasteiger partial charge is 0.231 e. The molecule has 0 N–H and O–H groups in total. The van der Waals surface area contributed by atoms with Gasteiger partial charge < -0.3 is 4.90 Å². The molecule has 0 saturated carbocycles. The fourth-order valence-corrected chi connectivity index (χ4v) is 5.06. The zero-order valence-corrected chi connectivity index (χ0v) is 14.4. The number of fused-ring (bicyclic) bond motifs is 1. The molecule has 1 aromatic heterocycles. The highest BCUT2D eigenvalue weighted by Crippen LogP contribution is 2.34. The molecule has 1 aliphatic rings. The van der Waals surface area contributed by atoms with Crippen molar-refractivity contribution in [2.45, 2.75) is 6.42 Å². The molecule has 0 bridgehead atoms. The van der Waals surface area contributed by atoms with Gasteiger partial charge in [0.25, 0.3) is 0 Å². The SMILES string of the molecule is CN1C(=O)Cc2cc(C(=O)c3cc(Br)sc3Br)ccc21. The summed E-state index contributed by atoms with van der Waals surface area (Å²) in [5.41, 5.74) is 3.04. The van der Waals surface area contributed by atoms with Crippen LogP contribution in [0.2, 0.25) is 0 Å². The number of anilines is 1. The third-order valence-corrected chi connectivity index (χ3v) is 5.66. The molecule has 0 atom stereocenters. The number of benzene rings is 1. The molecular formula is C14H9Br2NO2S. The second-order valence-electron chi connectivity index (χ2n) is 4.54. The van der Waals surface area contributed by atoms with Gasteiger partial charge in [0.2, 0.25) is 5.91 Å². The number of thiophene rings is 1. The van der Waals surface area contributed by atoms with Crippen molar-refractivity contribution in [3.8, 4) is 0 Å². The van der Waals surface area contributed by atoms with E-state index < -0.39 is 0 Å². The molecule has 102 valence electrons. The first kappa shape index (κ1) is 14.0. The highest BCUT2D eigenvalue weighted by atomic mass is 79.9. The van der Waals surface area contributed by atoms with Crippen LogP contribution in [0.25, 0.3) is 0 Å². The Hall–Kier alpha value is -0.980. The second-order valence-corrected chi connectivity index (χ2v) is 8.29. The van der Waals surface area contributed by atoms with Crippen LogP contribution in [0, 0.1) is 0 Å². The summed E-state index contributed by atoms with van der Waals surface area (Å²) in [6.45, 7) is 0. The van der Waals surface area contributed by atoms with Crippen LogP contribution < -0.4 is 4.90 Å². The van der Waals surface area contributed by atoms with Crippen LogP contribution in [0.15, 0.2) is 31.8 Å². The molecule has 0 aliphatic carbocycles. The third kappa shape index (κ3) is 2.25. The van der Waals surface area contributed by atoms with E-state index in [2.05, 4.69) is 31.9 Å². The molecule has 0 spiro atoms. The van der Waals surface area contributed by atoms with Crippen LogP contribution >= 0.6 is 43.2 Å². The summed E-state index contributed by atoms with van der Waals surface area (Å²) in [4.78, 5) is 25.8. The molecular weight excluding hydrogens is 406 g/mol. The molecule has 1 aromatic carbocycles. The van der Waals surface area contributed by atoms with Crippen LogP contribution in [0.4, 0.5) is 5.69 Å². The quantitative estimate of drug-likeness (QED) is 0.696. The first-order valence-electron chi connectivity index (χ1n) is 5.86. The molecule has 1 aliphatic heterocycles. The van der Waals surface area contributed by atoms with Crippen molar-refractivity contribution >= 4 is 60.6 Å². The van der Waals surface area contributed by atoms with Crippen LogP contribution in [0.1, 0.15) is 21.5 Å². The lowest BCUT2D eigenvalue weighted by molar-refractivity contribution is -0.117. The Morgan fingerprint density at radius 1 is 1.30 bits per heavy atom. The van der Waals surface area contributed by atoms with E-state index in [0.29, 0.717) is 17.5 Å². The van der Waals surface area contributed by atoms with Crippen molar-refractivity contribution < 1.29 is 9.59 Å². The lowest BCUT2D eigenvalue weighted by atomic mass is 10.0. The highest BCUT2D eigenvalue weighted by molar-refractivity contribution is 9.12. The van der Waals surface area contributed by atoms with Crippen LogP contribution in [0.3, 0.4) is 0 Å². The number of ketones is 1. The zero-order valence-electron chi connectivity index (χ0n) is 10.4. The number of likely N-dealkylation sites (N-methyl/N-ethyl adjacent to an activating group) is 1. The number of rotatable bonds is 2. The van der Waals surface area contributed by atoms with E-state index in [-0.39, 0.29) is 11.7 Å². The average Bonchev–Trinajstić information content (AvgIpc) is 2.89. The maximum atomic E-state index is 12.5. The Balaban J connectivity index is 2.01. The number of halogens is 2. The Bertz CT molecular complexity index is 739. The minimum Gasteiger partial charge on any atom is -0.315 e. The summed E-state index contributed by atoms with van der Waals surface area (Å²) in [7, 11) is 1.75. The van der Waals surface area contributed by atoms with E-state index in [1.54, 1.807) is 18.0 Å². The fraction of sp³-hybridized carbons (Fsp3) is 0.143. The van der Waals surface area contributed by atoms with Gasteiger partial charge in [-0.05, 0) is 61.7 Å². The van der Waals surface area contributed by atoms with E-state index in [9.17, 15) is 9.59 Å². The predicted molar refractivity (Wildman–Crippen MR) is 86.7 cm³/mol. The van der Waals surface area contributed by atoms with E-state index in [1.807, 2.05) is 18.2 Å².